The highest BCUT2D eigenvalue weighted by Crippen LogP contribution is 2.29. The van der Waals surface area contributed by atoms with E-state index in [9.17, 15) is 9.59 Å². The fourth-order valence-corrected chi connectivity index (χ4v) is 4.08. The third-order valence-electron chi connectivity index (χ3n) is 5.20. The van der Waals surface area contributed by atoms with Crippen LogP contribution in [0.15, 0.2) is 48.5 Å². The average Bonchev–Trinajstić information content (AvgIpc) is 3.28. The van der Waals surface area contributed by atoms with Gasteiger partial charge >= 0.3 is 0 Å². The number of aromatic nitrogens is 1. The van der Waals surface area contributed by atoms with Crippen molar-refractivity contribution >= 4 is 40.0 Å². The van der Waals surface area contributed by atoms with Crippen molar-refractivity contribution in [2.45, 2.75) is 25.4 Å². The second-order valence-corrected chi connectivity index (χ2v) is 7.38. The first-order valence-corrected chi connectivity index (χ1v) is 9.61. The van der Waals surface area contributed by atoms with Crippen LogP contribution in [-0.4, -0.2) is 34.3 Å². The van der Waals surface area contributed by atoms with Gasteiger partial charge in [0.25, 0.3) is 5.91 Å². The van der Waals surface area contributed by atoms with Crippen molar-refractivity contribution in [2.75, 3.05) is 11.9 Å². The number of hydrogen-bond donors (Lipinski definition) is 3. The van der Waals surface area contributed by atoms with Crippen LogP contribution < -0.4 is 11.1 Å². The Balaban J connectivity index is 1.57. The number of primary amides is 1. The van der Waals surface area contributed by atoms with E-state index in [2.05, 4.69) is 15.2 Å². The van der Waals surface area contributed by atoms with E-state index in [1.807, 2.05) is 48.5 Å². The second-order valence-electron chi connectivity index (χ2n) is 7.00. The maximum Gasteiger partial charge on any atom is 0.273 e. The second kappa shape index (κ2) is 7.66. The van der Waals surface area contributed by atoms with Gasteiger partial charge in [0, 0.05) is 23.1 Å². The zero-order valence-corrected chi connectivity index (χ0v) is 16.0. The Kier molecular flexibility index (Phi) is 5.07. The van der Waals surface area contributed by atoms with E-state index in [1.165, 1.54) is 0 Å². The number of nitrogens with two attached hydrogens (primary N) is 1. The Morgan fingerprint density at radius 1 is 1.18 bits per heavy atom. The lowest BCUT2D eigenvalue weighted by Crippen LogP contribution is -2.39. The summed E-state index contributed by atoms with van der Waals surface area (Å²) in [6, 6.07) is 14.8. The highest BCUT2D eigenvalue weighted by atomic mass is 35.5. The summed E-state index contributed by atoms with van der Waals surface area (Å²) in [5, 5.41) is 4.16. The van der Waals surface area contributed by atoms with E-state index < -0.39 is 0 Å². The third kappa shape index (κ3) is 3.48. The number of benzene rings is 2. The van der Waals surface area contributed by atoms with E-state index in [4.69, 9.17) is 17.3 Å². The zero-order chi connectivity index (χ0) is 19.7. The molecular formula is C21H21ClN4O2. The van der Waals surface area contributed by atoms with E-state index >= 15 is 0 Å². The first-order valence-electron chi connectivity index (χ1n) is 9.23. The number of nitrogens with one attached hydrogen (secondary N) is 2. The Bertz CT molecular complexity index is 1050. The van der Waals surface area contributed by atoms with E-state index in [0.29, 0.717) is 22.9 Å². The Labute approximate surface area is 167 Å². The molecule has 144 valence electrons. The SMILES string of the molecule is NC(=O)C1CCCN1Cc1ccccc1NC(=O)c1[nH]c2ccccc2c1Cl. The Morgan fingerprint density at radius 2 is 1.93 bits per heavy atom. The fraction of sp³-hybridized carbons (Fsp3) is 0.238. The summed E-state index contributed by atoms with van der Waals surface area (Å²) in [7, 11) is 0. The maximum atomic E-state index is 12.9. The van der Waals surface area contributed by atoms with Gasteiger partial charge in [-0.25, -0.2) is 0 Å². The summed E-state index contributed by atoms with van der Waals surface area (Å²) in [6.07, 6.45) is 1.71. The van der Waals surface area contributed by atoms with Gasteiger partial charge in [-0.05, 0) is 37.1 Å². The van der Waals surface area contributed by atoms with Crippen LogP contribution in [0.1, 0.15) is 28.9 Å². The summed E-state index contributed by atoms with van der Waals surface area (Å²) >= 11 is 6.40. The zero-order valence-electron chi connectivity index (χ0n) is 15.2. The lowest BCUT2D eigenvalue weighted by molar-refractivity contribution is -0.122. The first kappa shape index (κ1) is 18.5. The predicted octanol–water partition coefficient (Wildman–Crippen LogP) is 3.52. The van der Waals surface area contributed by atoms with Gasteiger partial charge < -0.3 is 16.0 Å². The standard InChI is InChI=1S/C21H21ClN4O2/c22-18-14-7-2-4-9-16(14)24-19(18)21(28)25-15-8-3-1-6-13(15)12-26-11-5-10-17(26)20(23)27/h1-4,6-9,17,24H,5,10-12H2,(H2,23,27)(H,25,28). The maximum absolute atomic E-state index is 12.9. The molecule has 4 rings (SSSR count). The topological polar surface area (TPSA) is 91.2 Å². The van der Waals surface area contributed by atoms with Crippen molar-refractivity contribution in [3.63, 3.8) is 0 Å². The van der Waals surface area contributed by atoms with Crippen LogP contribution in [-0.2, 0) is 11.3 Å². The number of halogens is 1. The normalized spacial score (nSPS) is 17.1. The molecular weight excluding hydrogens is 376 g/mol. The van der Waals surface area contributed by atoms with E-state index in [1.54, 1.807) is 0 Å². The minimum absolute atomic E-state index is 0.257. The van der Waals surface area contributed by atoms with Crippen LogP contribution in [0.5, 0.6) is 0 Å². The van der Waals surface area contributed by atoms with Gasteiger partial charge in [-0.3, -0.25) is 14.5 Å². The summed E-state index contributed by atoms with van der Waals surface area (Å²) in [5.74, 6) is -0.606. The first-order chi connectivity index (χ1) is 13.5. The molecule has 1 saturated heterocycles. The molecule has 7 heteroatoms. The van der Waals surface area contributed by atoms with Gasteiger partial charge in [-0.2, -0.15) is 0 Å². The van der Waals surface area contributed by atoms with Gasteiger partial charge in [-0.1, -0.05) is 48.0 Å². The molecule has 0 radical (unpaired) electrons. The molecule has 6 nitrogen and oxygen atoms in total. The number of aromatic amines is 1. The number of fused-ring (bicyclic) bond motifs is 1. The minimum atomic E-state index is -0.304. The summed E-state index contributed by atoms with van der Waals surface area (Å²) in [5.41, 5.74) is 8.28. The van der Waals surface area contributed by atoms with E-state index in [0.717, 1.165) is 35.9 Å². The quantitative estimate of drug-likeness (QED) is 0.616. The molecule has 0 saturated carbocycles. The largest absolute Gasteiger partial charge is 0.368 e. The molecule has 1 unspecified atom stereocenters. The van der Waals surface area contributed by atoms with Crippen LogP contribution >= 0.6 is 11.6 Å². The van der Waals surface area contributed by atoms with Gasteiger partial charge in [0.1, 0.15) is 5.69 Å². The molecule has 0 spiro atoms. The smallest absolute Gasteiger partial charge is 0.273 e. The van der Waals surface area contributed by atoms with E-state index in [-0.39, 0.29) is 17.9 Å². The number of rotatable bonds is 5. The monoisotopic (exact) mass is 396 g/mol. The highest BCUT2D eigenvalue weighted by molar-refractivity contribution is 6.39. The van der Waals surface area contributed by atoms with Crippen molar-refractivity contribution in [1.82, 2.24) is 9.88 Å². The van der Waals surface area contributed by atoms with Gasteiger partial charge in [0.2, 0.25) is 5.91 Å². The van der Waals surface area contributed by atoms with Crippen molar-refractivity contribution in [3.8, 4) is 0 Å². The molecule has 1 fully saturated rings. The molecule has 2 amide bonds. The molecule has 0 bridgehead atoms. The number of hydrogen-bond acceptors (Lipinski definition) is 3. The van der Waals surface area contributed by atoms with Crippen LogP contribution in [0.4, 0.5) is 5.69 Å². The molecule has 2 aromatic carbocycles. The summed E-state index contributed by atoms with van der Waals surface area (Å²) < 4.78 is 0. The van der Waals surface area contributed by atoms with Gasteiger partial charge in [-0.15, -0.1) is 0 Å². The van der Waals surface area contributed by atoms with Gasteiger partial charge in [0.05, 0.1) is 11.1 Å². The Hall–Kier alpha value is -2.83. The molecule has 1 atom stereocenters. The third-order valence-corrected chi connectivity index (χ3v) is 5.59. The van der Waals surface area contributed by atoms with Crippen LogP contribution in [0, 0.1) is 0 Å². The number of likely N-dealkylation sites (tertiary alicyclic amines) is 1. The number of para-hydroxylation sites is 2. The van der Waals surface area contributed by atoms with Crippen molar-refractivity contribution in [2.24, 2.45) is 5.73 Å². The predicted molar refractivity (Wildman–Crippen MR) is 110 cm³/mol. The number of nitrogens with zero attached hydrogens (tertiary/aromatic N) is 1. The highest BCUT2D eigenvalue weighted by Gasteiger charge is 2.29. The molecule has 4 N–H and O–H groups in total. The molecule has 1 aliphatic heterocycles. The summed E-state index contributed by atoms with van der Waals surface area (Å²) in [4.78, 5) is 29.7. The minimum Gasteiger partial charge on any atom is -0.368 e. The van der Waals surface area contributed by atoms with Crippen LogP contribution in [0.2, 0.25) is 5.02 Å². The molecule has 3 aromatic rings. The van der Waals surface area contributed by atoms with Gasteiger partial charge in [0.15, 0.2) is 0 Å². The number of amides is 2. The van der Waals surface area contributed by atoms with Crippen molar-refractivity contribution < 1.29 is 9.59 Å². The number of anilines is 1. The van der Waals surface area contributed by atoms with Crippen molar-refractivity contribution in [1.29, 1.82) is 0 Å². The number of carbonyl (C=O) groups excluding carboxylic acids is 2. The molecule has 1 aromatic heterocycles. The van der Waals surface area contributed by atoms with Crippen LogP contribution in [0.3, 0.4) is 0 Å². The molecule has 0 aliphatic carbocycles. The average molecular weight is 397 g/mol. The van der Waals surface area contributed by atoms with Crippen molar-refractivity contribution in [3.05, 3.63) is 64.8 Å². The molecule has 1 aliphatic rings. The lowest BCUT2D eigenvalue weighted by atomic mass is 10.1. The Morgan fingerprint density at radius 3 is 2.71 bits per heavy atom. The van der Waals surface area contributed by atoms with Crippen LogP contribution in [0.25, 0.3) is 10.9 Å². The number of H-pyrrole nitrogens is 1. The molecule has 2 heterocycles. The fourth-order valence-electron chi connectivity index (χ4n) is 3.79. The molecule has 28 heavy (non-hydrogen) atoms. The lowest BCUT2D eigenvalue weighted by Gasteiger charge is -2.23. The summed E-state index contributed by atoms with van der Waals surface area (Å²) in [6.45, 7) is 1.36. The number of carbonyl (C=O) groups is 2.